The van der Waals surface area contributed by atoms with Crippen LogP contribution in [0.5, 0.6) is 0 Å². The van der Waals surface area contributed by atoms with Crippen molar-refractivity contribution in [3.63, 3.8) is 0 Å². The Labute approximate surface area is 130 Å². The van der Waals surface area contributed by atoms with E-state index in [-0.39, 0.29) is 0 Å². The van der Waals surface area contributed by atoms with Crippen molar-refractivity contribution >= 4 is 5.96 Å². The van der Waals surface area contributed by atoms with Crippen LogP contribution in [0.3, 0.4) is 0 Å². The number of nitrogens with zero attached hydrogens (tertiary/aromatic N) is 2. The number of likely N-dealkylation sites (tertiary alicyclic amines) is 1. The van der Waals surface area contributed by atoms with Crippen LogP contribution in [0.25, 0.3) is 0 Å². The second kappa shape index (κ2) is 12.9. The topological polar surface area (TPSA) is 48.9 Å². The highest BCUT2D eigenvalue weighted by Crippen LogP contribution is 2.06. The molecule has 1 aliphatic rings. The molecule has 0 atom stereocenters. The Bertz CT molecular complexity index is 265. The highest BCUT2D eigenvalue weighted by atomic mass is 16.5. The van der Waals surface area contributed by atoms with Crippen LogP contribution < -0.4 is 10.6 Å². The first-order chi connectivity index (χ1) is 10.4. The molecule has 124 valence electrons. The third kappa shape index (κ3) is 9.69. The Morgan fingerprint density at radius 3 is 2.38 bits per heavy atom. The number of nitrogens with one attached hydrogen (secondary N) is 2. The Kier molecular flexibility index (Phi) is 11.2. The molecule has 0 bridgehead atoms. The molecule has 1 aliphatic heterocycles. The predicted molar refractivity (Wildman–Crippen MR) is 90.0 cm³/mol. The van der Waals surface area contributed by atoms with Gasteiger partial charge in [0.2, 0.25) is 0 Å². The Morgan fingerprint density at radius 1 is 1.05 bits per heavy atom. The van der Waals surface area contributed by atoms with Gasteiger partial charge < -0.3 is 20.3 Å². The lowest BCUT2D eigenvalue weighted by Crippen LogP contribution is -2.39. The quantitative estimate of drug-likeness (QED) is 0.347. The third-order valence-electron chi connectivity index (χ3n) is 3.77. The predicted octanol–water partition coefficient (Wildman–Crippen LogP) is 1.84. The molecule has 0 unspecified atom stereocenters. The van der Waals surface area contributed by atoms with Gasteiger partial charge in [-0.15, -0.1) is 0 Å². The van der Waals surface area contributed by atoms with Crippen LogP contribution >= 0.6 is 0 Å². The number of ether oxygens (including phenoxy) is 1. The molecule has 5 heteroatoms. The molecule has 0 amide bonds. The Balaban J connectivity index is 1.91. The van der Waals surface area contributed by atoms with E-state index in [2.05, 4.69) is 27.4 Å². The fourth-order valence-corrected chi connectivity index (χ4v) is 2.47. The van der Waals surface area contributed by atoms with Crippen LogP contribution in [0, 0.1) is 0 Å². The highest BCUT2D eigenvalue weighted by Gasteiger charge is 2.10. The number of hydrogen-bond donors (Lipinski definition) is 2. The van der Waals surface area contributed by atoms with E-state index in [9.17, 15) is 0 Å². The fraction of sp³-hybridized carbons (Fsp3) is 0.938. The van der Waals surface area contributed by atoms with Crippen LogP contribution in [0.15, 0.2) is 4.99 Å². The molecular formula is C16H34N4O. The molecule has 0 aliphatic carbocycles. The molecule has 0 spiro atoms. The third-order valence-corrected chi connectivity index (χ3v) is 3.77. The van der Waals surface area contributed by atoms with Gasteiger partial charge in [-0.1, -0.05) is 13.3 Å². The maximum Gasteiger partial charge on any atom is 0.190 e. The smallest absolute Gasteiger partial charge is 0.190 e. The van der Waals surface area contributed by atoms with Crippen LogP contribution in [0.1, 0.15) is 45.4 Å². The maximum absolute atomic E-state index is 5.54. The van der Waals surface area contributed by atoms with Gasteiger partial charge in [0.05, 0.1) is 0 Å². The summed E-state index contributed by atoms with van der Waals surface area (Å²) in [5.74, 6) is 0.907. The molecule has 0 radical (unpaired) electrons. The first-order valence-electron chi connectivity index (χ1n) is 8.61. The highest BCUT2D eigenvalue weighted by molar-refractivity contribution is 5.79. The summed E-state index contributed by atoms with van der Waals surface area (Å²) in [6.07, 6.45) is 7.31. The summed E-state index contributed by atoms with van der Waals surface area (Å²) in [5, 5.41) is 6.71. The molecule has 0 aromatic heterocycles. The zero-order valence-corrected chi connectivity index (χ0v) is 14.0. The molecule has 1 heterocycles. The number of rotatable bonds is 11. The van der Waals surface area contributed by atoms with Gasteiger partial charge in [0, 0.05) is 33.4 Å². The van der Waals surface area contributed by atoms with Crippen LogP contribution in [-0.4, -0.2) is 63.8 Å². The first-order valence-corrected chi connectivity index (χ1v) is 8.61. The summed E-state index contributed by atoms with van der Waals surface area (Å²) in [6, 6.07) is 0. The molecule has 0 saturated carbocycles. The second-order valence-corrected chi connectivity index (χ2v) is 5.65. The Hall–Kier alpha value is -0.810. The van der Waals surface area contributed by atoms with Gasteiger partial charge in [0.15, 0.2) is 5.96 Å². The zero-order valence-electron chi connectivity index (χ0n) is 14.0. The minimum atomic E-state index is 0.832. The fourth-order valence-electron chi connectivity index (χ4n) is 2.47. The molecule has 1 rings (SSSR count). The van der Waals surface area contributed by atoms with Crippen molar-refractivity contribution in [1.29, 1.82) is 0 Å². The molecule has 1 fully saturated rings. The molecule has 1 saturated heterocycles. The molecule has 2 N–H and O–H groups in total. The summed E-state index contributed by atoms with van der Waals surface area (Å²) in [6.45, 7) is 9.58. The van der Waals surface area contributed by atoms with Crippen molar-refractivity contribution in [3.8, 4) is 0 Å². The minimum Gasteiger partial charge on any atom is -0.381 e. The lowest BCUT2D eigenvalue weighted by Gasteiger charge is -2.16. The van der Waals surface area contributed by atoms with Gasteiger partial charge in [-0.05, 0) is 51.7 Å². The maximum atomic E-state index is 5.54. The van der Waals surface area contributed by atoms with Crippen LogP contribution in [-0.2, 0) is 4.74 Å². The van der Waals surface area contributed by atoms with Crippen LogP contribution in [0.4, 0.5) is 0 Å². The molecule has 0 aromatic carbocycles. The summed E-state index contributed by atoms with van der Waals surface area (Å²) in [5.41, 5.74) is 0. The Morgan fingerprint density at radius 2 is 1.71 bits per heavy atom. The van der Waals surface area contributed by atoms with Crippen molar-refractivity contribution in [3.05, 3.63) is 0 Å². The molecular weight excluding hydrogens is 264 g/mol. The van der Waals surface area contributed by atoms with E-state index in [0.29, 0.717) is 0 Å². The van der Waals surface area contributed by atoms with Crippen molar-refractivity contribution < 1.29 is 4.74 Å². The normalized spacial score (nSPS) is 16.4. The van der Waals surface area contributed by atoms with Crippen LogP contribution in [0.2, 0.25) is 0 Å². The number of guanidine groups is 1. The molecule has 0 aromatic rings. The van der Waals surface area contributed by atoms with E-state index in [1.54, 1.807) is 0 Å². The minimum absolute atomic E-state index is 0.832. The van der Waals surface area contributed by atoms with Crippen molar-refractivity contribution in [1.82, 2.24) is 15.5 Å². The summed E-state index contributed by atoms with van der Waals surface area (Å²) < 4.78 is 5.54. The summed E-state index contributed by atoms with van der Waals surface area (Å²) in [7, 11) is 1.83. The van der Waals surface area contributed by atoms with Crippen molar-refractivity contribution in [2.24, 2.45) is 4.99 Å². The van der Waals surface area contributed by atoms with E-state index >= 15 is 0 Å². The van der Waals surface area contributed by atoms with E-state index in [4.69, 9.17) is 4.74 Å². The van der Waals surface area contributed by atoms with Gasteiger partial charge in [-0.3, -0.25) is 4.99 Å². The monoisotopic (exact) mass is 298 g/mol. The lowest BCUT2D eigenvalue weighted by atomic mass is 10.3. The second-order valence-electron chi connectivity index (χ2n) is 5.65. The lowest BCUT2D eigenvalue weighted by molar-refractivity contribution is 0.129. The summed E-state index contributed by atoms with van der Waals surface area (Å²) >= 11 is 0. The van der Waals surface area contributed by atoms with E-state index in [1.807, 2.05) is 7.05 Å². The standard InChI is InChI=1S/C16H34N4O/c1-3-4-14-21-15-8-10-19-16(17-2)18-9-7-13-20-11-5-6-12-20/h3-15H2,1-2H3,(H2,17,18,19). The number of aliphatic imine (C=N–C) groups is 1. The van der Waals surface area contributed by atoms with Gasteiger partial charge in [0.1, 0.15) is 0 Å². The summed E-state index contributed by atoms with van der Waals surface area (Å²) in [4.78, 5) is 6.79. The average Bonchev–Trinajstić information content (AvgIpc) is 3.01. The largest absolute Gasteiger partial charge is 0.381 e. The number of unbranched alkanes of at least 4 members (excludes halogenated alkanes) is 1. The molecule has 21 heavy (non-hydrogen) atoms. The first kappa shape index (κ1) is 18.2. The van der Waals surface area contributed by atoms with E-state index < -0.39 is 0 Å². The van der Waals surface area contributed by atoms with Gasteiger partial charge in [0.25, 0.3) is 0 Å². The average molecular weight is 298 g/mol. The van der Waals surface area contributed by atoms with E-state index in [1.165, 1.54) is 45.3 Å². The number of hydrogen-bond acceptors (Lipinski definition) is 3. The van der Waals surface area contributed by atoms with Crippen molar-refractivity contribution in [2.75, 3.05) is 53.0 Å². The SMILES string of the molecule is CCCCOCCCNC(=NC)NCCCN1CCCC1. The van der Waals surface area contributed by atoms with Crippen molar-refractivity contribution in [2.45, 2.75) is 45.4 Å². The zero-order chi connectivity index (χ0) is 15.2. The van der Waals surface area contributed by atoms with Gasteiger partial charge in [-0.25, -0.2) is 0 Å². The van der Waals surface area contributed by atoms with Gasteiger partial charge in [-0.2, -0.15) is 0 Å². The van der Waals surface area contributed by atoms with E-state index in [0.717, 1.165) is 45.1 Å². The molecule has 5 nitrogen and oxygen atoms in total. The van der Waals surface area contributed by atoms with Gasteiger partial charge >= 0.3 is 0 Å².